The number of hydrogen-bond donors (Lipinski definition) is 1. The van der Waals surface area contributed by atoms with Gasteiger partial charge in [0.15, 0.2) is 0 Å². The van der Waals surface area contributed by atoms with E-state index >= 15 is 0 Å². The van der Waals surface area contributed by atoms with Crippen molar-refractivity contribution in [1.29, 1.82) is 0 Å². The summed E-state index contributed by atoms with van der Waals surface area (Å²) in [5, 5.41) is 9.38. The molecule has 1 aromatic rings. The first kappa shape index (κ1) is 14.6. The summed E-state index contributed by atoms with van der Waals surface area (Å²) in [4.78, 5) is 25.3. The molecule has 108 valence electrons. The van der Waals surface area contributed by atoms with Crippen molar-refractivity contribution in [3.8, 4) is 0 Å². The first-order valence-electron chi connectivity index (χ1n) is 7.08. The summed E-state index contributed by atoms with van der Waals surface area (Å²) < 4.78 is 0. The first-order chi connectivity index (χ1) is 9.45. The van der Waals surface area contributed by atoms with Crippen LogP contribution in [0.4, 0.5) is 0 Å². The molecular weight excluding hydrogens is 254 g/mol. The number of likely N-dealkylation sites (tertiary alicyclic amines) is 1. The first-order valence-corrected chi connectivity index (χ1v) is 7.08. The van der Waals surface area contributed by atoms with E-state index in [-0.39, 0.29) is 24.4 Å². The lowest BCUT2D eigenvalue weighted by Gasteiger charge is -2.30. The van der Waals surface area contributed by atoms with E-state index in [0.29, 0.717) is 0 Å². The maximum absolute atomic E-state index is 12.1. The SMILES string of the molecule is CCc1ccc(C2C(C(=O)O)CC(=O)N2C(C)C)cc1. The van der Waals surface area contributed by atoms with Gasteiger partial charge in [-0.25, -0.2) is 0 Å². The van der Waals surface area contributed by atoms with Gasteiger partial charge in [0, 0.05) is 12.5 Å². The average Bonchev–Trinajstić information content (AvgIpc) is 2.76. The van der Waals surface area contributed by atoms with Crippen LogP contribution in [0, 0.1) is 5.92 Å². The minimum absolute atomic E-state index is 0.00250. The summed E-state index contributed by atoms with van der Waals surface area (Å²) >= 11 is 0. The number of rotatable bonds is 4. The van der Waals surface area contributed by atoms with Gasteiger partial charge in [-0.2, -0.15) is 0 Å². The molecule has 0 spiro atoms. The Morgan fingerprint density at radius 2 is 1.95 bits per heavy atom. The fraction of sp³-hybridized carbons (Fsp3) is 0.500. The zero-order chi connectivity index (χ0) is 14.9. The lowest BCUT2D eigenvalue weighted by molar-refractivity contribution is -0.142. The molecule has 0 bridgehead atoms. The molecule has 2 unspecified atom stereocenters. The van der Waals surface area contributed by atoms with Crippen LogP contribution >= 0.6 is 0 Å². The van der Waals surface area contributed by atoms with Gasteiger partial charge in [0.05, 0.1) is 12.0 Å². The van der Waals surface area contributed by atoms with Crippen molar-refractivity contribution in [2.24, 2.45) is 5.92 Å². The highest BCUT2D eigenvalue weighted by molar-refractivity contribution is 5.87. The molecule has 1 aliphatic heterocycles. The molecule has 0 aromatic heterocycles. The number of aryl methyl sites for hydroxylation is 1. The highest BCUT2D eigenvalue weighted by atomic mass is 16.4. The molecule has 0 radical (unpaired) electrons. The van der Waals surface area contributed by atoms with Gasteiger partial charge in [-0.15, -0.1) is 0 Å². The van der Waals surface area contributed by atoms with E-state index in [1.165, 1.54) is 5.56 Å². The monoisotopic (exact) mass is 275 g/mol. The predicted octanol–water partition coefficient (Wildman–Crippen LogP) is 2.63. The van der Waals surface area contributed by atoms with E-state index in [2.05, 4.69) is 6.92 Å². The number of nitrogens with zero attached hydrogens (tertiary/aromatic N) is 1. The van der Waals surface area contributed by atoms with Crippen LogP contribution in [0.2, 0.25) is 0 Å². The lowest BCUT2D eigenvalue weighted by atomic mass is 9.92. The normalized spacial score (nSPS) is 22.6. The molecule has 20 heavy (non-hydrogen) atoms. The minimum Gasteiger partial charge on any atom is -0.481 e. The zero-order valence-corrected chi connectivity index (χ0v) is 12.2. The molecule has 1 N–H and O–H groups in total. The number of carbonyl (C=O) groups is 2. The van der Waals surface area contributed by atoms with Crippen molar-refractivity contribution in [1.82, 2.24) is 4.90 Å². The van der Waals surface area contributed by atoms with Gasteiger partial charge in [-0.05, 0) is 31.4 Å². The van der Waals surface area contributed by atoms with Crippen molar-refractivity contribution in [2.75, 3.05) is 0 Å². The molecule has 1 heterocycles. The molecule has 2 atom stereocenters. The Morgan fingerprint density at radius 3 is 2.40 bits per heavy atom. The van der Waals surface area contributed by atoms with Crippen LogP contribution in [0.25, 0.3) is 0 Å². The Bertz CT molecular complexity index is 507. The number of carboxylic acids is 1. The fourth-order valence-electron chi connectivity index (χ4n) is 2.93. The standard InChI is InChI=1S/C16H21NO3/c1-4-11-5-7-12(8-6-11)15-13(16(19)20)9-14(18)17(15)10(2)3/h5-8,10,13,15H,4,9H2,1-3H3,(H,19,20). The Kier molecular flexibility index (Phi) is 4.12. The summed E-state index contributed by atoms with van der Waals surface area (Å²) in [6.07, 6.45) is 1.04. The van der Waals surface area contributed by atoms with Gasteiger partial charge in [0.1, 0.15) is 0 Å². The second-order valence-corrected chi connectivity index (χ2v) is 5.58. The maximum Gasteiger partial charge on any atom is 0.309 e. The molecule has 1 fully saturated rings. The van der Waals surface area contributed by atoms with Gasteiger partial charge in [-0.1, -0.05) is 31.2 Å². The summed E-state index contributed by atoms with van der Waals surface area (Å²) in [5.41, 5.74) is 2.12. The quantitative estimate of drug-likeness (QED) is 0.919. The Hall–Kier alpha value is -1.84. The highest BCUT2D eigenvalue weighted by Crippen LogP contribution is 2.39. The van der Waals surface area contributed by atoms with Crippen LogP contribution in [0.15, 0.2) is 24.3 Å². The topological polar surface area (TPSA) is 57.6 Å². The summed E-state index contributed by atoms with van der Waals surface area (Å²) in [5.74, 6) is -1.62. The van der Waals surface area contributed by atoms with E-state index in [4.69, 9.17) is 0 Å². The third-order valence-electron chi connectivity index (χ3n) is 3.97. The van der Waals surface area contributed by atoms with E-state index in [0.717, 1.165) is 12.0 Å². The third kappa shape index (κ3) is 2.55. The average molecular weight is 275 g/mol. The predicted molar refractivity (Wildman–Crippen MR) is 76.3 cm³/mol. The molecule has 2 rings (SSSR count). The van der Waals surface area contributed by atoms with Gasteiger partial charge in [0.25, 0.3) is 0 Å². The van der Waals surface area contributed by atoms with Gasteiger partial charge >= 0.3 is 5.97 Å². The van der Waals surface area contributed by atoms with Crippen LogP contribution in [-0.4, -0.2) is 27.9 Å². The lowest BCUT2D eigenvalue weighted by Crippen LogP contribution is -2.36. The molecule has 4 heteroatoms. The minimum atomic E-state index is -0.897. The molecule has 0 aliphatic carbocycles. The molecule has 1 aromatic carbocycles. The number of aliphatic carboxylic acids is 1. The second-order valence-electron chi connectivity index (χ2n) is 5.58. The Labute approximate surface area is 119 Å². The van der Waals surface area contributed by atoms with Gasteiger partial charge in [0.2, 0.25) is 5.91 Å². The fourth-order valence-corrected chi connectivity index (χ4v) is 2.93. The third-order valence-corrected chi connectivity index (χ3v) is 3.97. The number of hydrogen-bond acceptors (Lipinski definition) is 2. The van der Waals surface area contributed by atoms with Crippen LogP contribution in [-0.2, 0) is 16.0 Å². The Balaban J connectivity index is 2.40. The molecule has 1 aliphatic rings. The number of carboxylic acid groups (broad SMARTS) is 1. The molecule has 1 amide bonds. The van der Waals surface area contributed by atoms with Crippen molar-refractivity contribution in [2.45, 2.75) is 45.7 Å². The largest absolute Gasteiger partial charge is 0.481 e. The van der Waals surface area contributed by atoms with Crippen LogP contribution < -0.4 is 0 Å². The van der Waals surface area contributed by atoms with Gasteiger partial charge in [-0.3, -0.25) is 9.59 Å². The van der Waals surface area contributed by atoms with E-state index in [1.807, 2.05) is 38.1 Å². The van der Waals surface area contributed by atoms with Crippen molar-refractivity contribution < 1.29 is 14.7 Å². The van der Waals surface area contributed by atoms with Crippen LogP contribution in [0.3, 0.4) is 0 Å². The molecular formula is C16H21NO3. The van der Waals surface area contributed by atoms with Gasteiger partial charge < -0.3 is 10.0 Å². The van der Waals surface area contributed by atoms with Crippen molar-refractivity contribution in [3.63, 3.8) is 0 Å². The smallest absolute Gasteiger partial charge is 0.309 e. The number of benzene rings is 1. The number of amides is 1. The second kappa shape index (κ2) is 5.65. The summed E-state index contributed by atoms with van der Waals surface area (Å²) in [6, 6.07) is 7.57. The zero-order valence-electron chi connectivity index (χ0n) is 12.2. The molecule has 4 nitrogen and oxygen atoms in total. The van der Waals surface area contributed by atoms with Crippen molar-refractivity contribution in [3.05, 3.63) is 35.4 Å². The maximum atomic E-state index is 12.1. The van der Waals surface area contributed by atoms with E-state index < -0.39 is 11.9 Å². The van der Waals surface area contributed by atoms with Crippen LogP contribution in [0.1, 0.15) is 44.4 Å². The Morgan fingerprint density at radius 1 is 1.35 bits per heavy atom. The molecule has 0 saturated carbocycles. The highest BCUT2D eigenvalue weighted by Gasteiger charge is 2.45. The number of carbonyl (C=O) groups excluding carboxylic acids is 1. The summed E-state index contributed by atoms with van der Waals surface area (Å²) in [6.45, 7) is 5.93. The van der Waals surface area contributed by atoms with Crippen LogP contribution in [0.5, 0.6) is 0 Å². The molecule has 1 saturated heterocycles. The summed E-state index contributed by atoms with van der Waals surface area (Å²) in [7, 11) is 0. The van der Waals surface area contributed by atoms with E-state index in [9.17, 15) is 14.7 Å². The van der Waals surface area contributed by atoms with Crippen molar-refractivity contribution >= 4 is 11.9 Å². The van der Waals surface area contributed by atoms with E-state index in [1.54, 1.807) is 4.90 Å².